The molecule has 0 radical (unpaired) electrons. The van der Waals surface area contributed by atoms with E-state index in [1.807, 2.05) is 0 Å². The minimum Gasteiger partial charge on any atom is -0.447 e. The second-order valence-electron chi connectivity index (χ2n) is 3.82. The minimum absolute atomic E-state index is 0.0117. The van der Waals surface area contributed by atoms with Crippen molar-refractivity contribution in [3.8, 4) is 0 Å². The summed E-state index contributed by atoms with van der Waals surface area (Å²) < 4.78 is 4.92. The summed E-state index contributed by atoms with van der Waals surface area (Å²) >= 11 is 0. The average molecular weight is 200 g/mol. The van der Waals surface area contributed by atoms with Gasteiger partial charge in [-0.15, -0.1) is 0 Å². The van der Waals surface area contributed by atoms with Crippen LogP contribution >= 0.6 is 0 Å². The van der Waals surface area contributed by atoms with Crippen molar-refractivity contribution in [3.05, 3.63) is 0 Å². The van der Waals surface area contributed by atoms with Crippen molar-refractivity contribution in [2.45, 2.75) is 24.9 Å². The number of aliphatic hydroxyl groups excluding tert-OH is 1. The van der Waals surface area contributed by atoms with Crippen LogP contribution in [0, 0.1) is 0 Å². The molecule has 2 rings (SSSR count). The monoisotopic (exact) mass is 200 g/mol. The minimum atomic E-state index is -0.280. The van der Waals surface area contributed by atoms with Crippen molar-refractivity contribution < 1.29 is 14.6 Å². The van der Waals surface area contributed by atoms with Crippen LogP contribution in [0.3, 0.4) is 0 Å². The number of aliphatic hydroxyl groups is 1. The Kier molecular flexibility index (Phi) is 2.88. The first-order valence-corrected chi connectivity index (χ1v) is 5.09. The fourth-order valence-electron chi connectivity index (χ4n) is 2.13. The summed E-state index contributed by atoms with van der Waals surface area (Å²) in [5, 5.41) is 12.3. The highest BCUT2D eigenvalue weighted by Crippen LogP contribution is 2.20. The van der Waals surface area contributed by atoms with Gasteiger partial charge in [-0.05, 0) is 19.4 Å². The second-order valence-corrected chi connectivity index (χ2v) is 3.82. The molecule has 2 N–H and O–H groups in total. The number of cyclic esters (lactones) is 1. The number of amides is 1. The molecule has 2 fully saturated rings. The number of nitrogens with one attached hydrogen (secondary N) is 1. The van der Waals surface area contributed by atoms with E-state index in [4.69, 9.17) is 9.84 Å². The highest BCUT2D eigenvalue weighted by atomic mass is 16.6. The van der Waals surface area contributed by atoms with Gasteiger partial charge in [-0.1, -0.05) is 0 Å². The van der Waals surface area contributed by atoms with Gasteiger partial charge in [0.2, 0.25) is 0 Å². The molecular formula is C9H16N2O3. The van der Waals surface area contributed by atoms with Crippen LogP contribution in [-0.2, 0) is 4.74 Å². The van der Waals surface area contributed by atoms with Crippen molar-refractivity contribution in [3.63, 3.8) is 0 Å². The van der Waals surface area contributed by atoms with E-state index >= 15 is 0 Å². The van der Waals surface area contributed by atoms with Crippen LogP contribution in [0.25, 0.3) is 0 Å². The molecule has 2 saturated heterocycles. The third-order valence-corrected chi connectivity index (χ3v) is 2.88. The summed E-state index contributed by atoms with van der Waals surface area (Å²) in [5.74, 6) is 0. The zero-order valence-corrected chi connectivity index (χ0v) is 8.11. The van der Waals surface area contributed by atoms with Crippen LogP contribution in [0.1, 0.15) is 12.8 Å². The molecule has 0 saturated carbocycles. The molecular weight excluding hydrogens is 184 g/mol. The number of nitrogens with zero attached hydrogens (tertiary/aromatic N) is 1. The fraction of sp³-hybridized carbons (Fsp3) is 0.889. The summed E-state index contributed by atoms with van der Waals surface area (Å²) in [6.45, 7) is 2.14. The summed E-state index contributed by atoms with van der Waals surface area (Å²) in [4.78, 5) is 13.1. The van der Waals surface area contributed by atoms with Gasteiger partial charge in [0, 0.05) is 12.6 Å². The van der Waals surface area contributed by atoms with Crippen LogP contribution in [0.5, 0.6) is 0 Å². The Balaban J connectivity index is 2.01. The molecule has 0 aromatic heterocycles. The lowest BCUT2D eigenvalue weighted by Gasteiger charge is -2.32. The maximum atomic E-state index is 11.4. The first-order valence-electron chi connectivity index (χ1n) is 5.09. The summed E-state index contributed by atoms with van der Waals surface area (Å²) in [5.41, 5.74) is 0. The Morgan fingerprint density at radius 2 is 2.50 bits per heavy atom. The molecule has 2 unspecified atom stereocenters. The Labute approximate surface area is 83.0 Å². The molecule has 2 atom stereocenters. The largest absolute Gasteiger partial charge is 0.447 e. The van der Waals surface area contributed by atoms with Crippen molar-refractivity contribution in [1.29, 1.82) is 0 Å². The van der Waals surface area contributed by atoms with E-state index in [9.17, 15) is 4.79 Å². The van der Waals surface area contributed by atoms with E-state index in [1.165, 1.54) is 0 Å². The summed E-state index contributed by atoms with van der Waals surface area (Å²) in [7, 11) is 0. The molecule has 5 heteroatoms. The lowest BCUT2D eigenvalue weighted by atomic mass is 10.1. The number of ether oxygens (including phenoxy) is 1. The first-order chi connectivity index (χ1) is 6.83. The molecule has 14 heavy (non-hydrogen) atoms. The number of carbonyl (C=O) groups excluding carboxylic acids is 1. The van der Waals surface area contributed by atoms with E-state index in [2.05, 4.69) is 5.32 Å². The van der Waals surface area contributed by atoms with Crippen LogP contribution < -0.4 is 5.32 Å². The molecule has 0 spiro atoms. The topological polar surface area (TPSA) is 61.8 Å². The van der Waals surface area contributed by atoms with Crippen molar-refractivity contribution in [2.24, 2.45) is 0 Å². The fourth-order valence-corrected chi connectivity index (χ4v) is 2.13. The smallest absolute Gasteiger partial charge is 0.410 e. The van der Waals surface area contributed by atoms with Crippen LogP contribution in [0.4, 0.5) is 4.79 Å². The summed E-state index contributed by atoms with van der Waals surface area (Å²) in [6.07, 6.45) is 1.79. The van der Waals surface area contributed by atoms with E-state index in [1.54, 1.807) is 4.90 Å². The Morgan fingerprint density at radius 3 is 3.14 bits per heavy atom. The maximum Gasteiger partial charge on any atom is 0.410 e. The Morgan fingerprint density at radius 1 is 1.64 bits per heavy atom. The molecule has 0 aromatic carbocycles. The number of rotatable bonds is 2. The molecule has 80 valence electrons. The lowest BCUT2D eigenvalue weighted by Crippen LogP contribution is -2.50. The Bertz CT molecular complexity index is 216. The molecule has 0 aliphatic carbocycles. The van der Waals surface area contributed by atoms with Crippen molar-refractivity contribution in [2.75, 3.05) is 26.3 Å². The van der Waals surface area contributed by atoms with Gasteiger partial charge in [0.15, 0.2) is 0 Å². The SMILES string of the molecule is O=C1OCC(CO)N1C1CCCNC1. The van der Waals surface area contributed by atoms with E-state index in [0.29, 0.717) is 6.61 Å². The van der Waals surface area contributed by atoms with Gasteiger partial charge in [0.05, 0.1) is 12.6 Å². The van der Waals surface area contributed by atoms with Gasteiger partial charge >= 0.3 is 6.09 Å². The number of hydrogen-bond acceptors (Lipinski definition) is 4. The molecule has 2 aliphatic rings. The van der Waals surface area contributed by atoms with Gasteiger partial charge in [0.1, 0.15) is 6.61 Å². The quantitative estimate of drug-likeness (QED) is 0.634. The van der Waals surface area contributed by atoms with E-state index in [-0.39, 0.29) is 24.8 Å². The third-order valence-electron chi connectivity index (χ3n) is 2.88. The third kappa shape index (κ3) is 1.69. The van der Waals surface area contributed by atoms with Gasteiger partial charge in [-0.3, -0.25) is 4.90 Å². The Hall–Kier alpha value is -0.810. The lowest BCUT2D eigenvalue weighted by molar-refractivity contribution is 0.119. The molecule has 2 heterocycles. The molecule has 0 bridgehead atoms. The number of carbonyl (C=O) groups is 1. The molecule has 1 amide bonds. The number of piperidine rings is 1. The van der Waals surface area contributed by atoms with Crippen LogP contribution in [0.15, 0.2) is 0 Å². The first kappa shape index (κ1) is 9.73. The van der Waals surface area contributed by atoms with Crippen molar-refractivity contribution >= 4 is 6.09 Å². The zero-order valence-electron chi connectivity index (χ0n) is 8.11. The van der Waals surface area contributed by atoms with Gasteiger partial charge in [-0.2, -0.15) is 0 Å². The summed E-state index contributed by atoms with van der Waals surface area (Å²) in [6, 6.07) is 0.0447. The van der Waals surface area contributed by atoms with E-state index in [0.717, 1.165) is 25.9 Å². The van der Waals surface area contributed by atoms with E-state index < -0.39 is 0 Å². The molecule has 2 aliphatic heterocycles. The maximum absolute atomic E-state index is 11.4. The predicted octanol–water partition coefficient (Wildman–Crippen LogP) is -0.449. The second kappa shape index (κ2) is 4.14. The predicted molar refractivity (Wildman–Crippen MR) is 50.0 cm³/mol. The number of hydrogen-bond donors (Lipinski definition) is 2. The average Bonchev–Trinajstić information content (AvgIpc) is 2.61. The highest BCUT2D eigenvalue weighted by molar-refractivity contribution is 5.70. The zero-order chi connectivity index (χ0) is 9.97. The van der Waals surface area contributed by atoms with Crippen molar-refractivity contribution in [1.82, 2.24) is 10.2 Å². The van der Waals surface area contributed by atoms with Gasteiger partial charge in [-0.25, -0.2) is 4.79 Å². The molecule has 0 aromatic rings. The van der Waals surface area contributed by atoms with Crippen LogP contribution in [-0.4, -0.2) is 54.5 Å². The normalized spacial score (nSPS) is 33.2. The standard InChI is InChI=1S/C9H16N2O3/c12-5-8-6-14-9(13)11(8)7-2-1-3-10-4-7/h7-8,10,12H,1-6H2. The highest BCUT2D eigenvalue weighted by Gasteiger charge is 2.37. The van der Waals surface area contributed by atoms with Crippen LogP contribution in [0.2, 0.25) is 0 Å². The van der Waals surface area contributed by atoms with Gasteiger partial charge < -0.3 is 15.2 Å². The van der Waals surface area contributed by atoms with Gasteiger partial charge in [0.25, 0.3) is 0 Å². The molecule has 5 nitrogen and oxygen atoms in total.